The molecule has 0 radical (unpaired) electrons. The zero-order valence-corrected chi connectivity index (χ0v) is 17.5. The molecule has 1 aromatic heterocycles. The summed E-state index contributed by atoms with van der Waals surface area (Å²) in [6.45, 7) is 3.89. The molecule has 1 amide bonds. The molecule has 0 aliphatic carbocycles. The number of rotatable bonds is 5. The number of ether oxygens (including phenoxy) is 4. The van der Waals surface area contributed by atoms with E-state index >= 15 is 0 Å². The summed E-state index contributed by atoms with van der Waals surface area (Å²) in [5, 5.41) is 0. The van der Waals surface area contributed by atoms with Crippen LogP contribution in [-0.2, 0) is 17.7 Å². The molecule has 1 saturated heterocycles. The second kappa shape index (κ2) is 8.74. The summed E-state index contributed by atoms with van der Waals surface area (Å²) in [7, 11) is 4.59. The quantitative estimate of drug-likeness (QED) is 0.728. The zero-order valence-electron chi connectivity index (χ0n) is 17.5. The molecule has 1 aromatic carbocycles. The van der Waals surface area contributed by atoms with Gasteiger partial charge in [0.15, 0.2) is 11.5 Å². The average Bonchev–Trinajstić information content (AvgIpc) is 2.82. The number of aromatic nitrogens is 2. The monoisotopic (exact) mass is 414 g/mol. The van der Waals surface area contributed by atoms with Crippen molar-refractivity contribution in [2.45, 2.75) is 13.0 Å². The van der Waals surface area contributed by atoms with Gasteiger partial charge in [-0.3, -0.25) is 4.79 Å². The number of hydrogen-bond acceptors (Lipinski definition) is 8. The number of morpholine rings is 1. The number of nitrogens with zero attached hydrogens (tertiary/aromatic N) is 4. The van der Waals surface area contributed by atoms with Crippen molar-refractivity contribution in [3.8, 4) is 17.2 Å². The first-order valence-corrected chi connectivity index (χ1v) is 9.92. The Morgan fingerprint density at radius 2 is 1.80 bits per heavy atom. The molecule has 9 heteroatoms. The van der Waals surface area contributed by atoms with Gasteiger partial charge in [0.05, 0.1) is 52.3 Å². The van der Waals surface area contributed by atoms with E-state index in [1.54, 1.807) is 24.1 Å². The molecule has 0 saturated carbocycles. The number of amides is 1. The highest BCUT2D eigenvalue weighted by molar-refractivity contribution is 5.98. The van der Waals surface area contributed by atoms with Crippen molar-refractivity contribution >= 4 is 11.9 Å². The van der Waals surface area contributed by atoms with Gasteiger partial charge in [0.1, 0.15) is 0 Å². The smallest absolute Gasteiger partial charge is 0.258 e. The molecule has 2 aliphatic rings. The van der Waals surface area contributed by atoms with Crippen molar-refractivity contribution < 1.29 is 23.7 Å². The largest absolute Gasteiger partial charge is 0.493 e. The van der Waals surface area contributed by atoms with E-state index in [0.29, 0.717) is 61.5 Å². The van der Waals surface area contributed by atoms with Crippen LogP contribution >= 0.6 is 0 Å². The number of methoxy groups -OCH3 is 3. The first kappa shape index (κ1) is 20.2. The van der Waals surface area contributed by atoms with Crippen LogP contribution in [0.5, 0.6) is 17.2 Å². The summed E-state index contributed by atoms with van der Waals surface area (Å²) in [5.74, 6) is 1.84. The van der Waals surface area contributed by atoms with Gasteiger partial charge in [-0.2, -0.15) is 0 Å². The third kappa shape index (κ3) is 3.72. The minimum atomic E-state index is -0.134. The highest BCUT2D eigenvalue weighted by atomic mass is 16.5. The summed E-state index contributed by atoms with van der Waals surface area (Å²) in [6.07, 6.45) is 2.59. The van der Waals surface area contributed by atoms with Crippen LogP contribution in [0.15, 0.2) is 18.3 Å². The molecule has 2 aromatic rings. The number of hydrogen-bond donors (Lipinski definition) is 0. The molecular weight excluding hydrogens is 388 g/mol. The Morgan fingerprint density at radius 1 is 1.03 bits per heavy atom. The van der Waals surface area contributed by atoms with E-state index in [1.807, 2.05) is 6.20 Å². The summed E-state index contributed by atoms with van der Waals surface area (Å²) in [6, 6.07) is 3.42. The van der Waals surface area contributed by atoms with Gasteiger partial charge in [-0.25, -0.2) is 9.97 Å². The van der Waals surface area contributed by atoms with Gasteiger partial charge in [0, 0.05) is 25.8 Å². The standard InChI is InChI=1S/C21H26N4O5/c1-27-17-5-4-15(18(28-2)19(17)29-3)20(26)25-7-6-14-12-22-21(23-16(14)13-25)24-8-10-30-11-9-24/h4-5,12H,6-11,13H2,1-3H3. The van der Waals surface area contributed by atoms with Crippen molar-refractivity contribution in [1.29, 1.82) is 0 Å². The third-order valence-electron chi connectivity index (χ3n) is 5.45. The summed E-state index contributed by atoms with van der Waals surface area (Å²) in [5.41, 5.74) is 2.39. The fraction of sp³-hybridized carbons (Fsp3) is 0.476. The van der Waals surface area contributed by atoms with Crippen LogP contribution < -0.4 is 19.1 Å². The Balaban J connectivity index is 1.59. The van der Waals surface area contributed by atoms with Gasteiger partial charge in [0.25, 0.3) is 5.91 Å². The minimum absolute atomic E-state index is 0.134. The topological polar surface area (TPSA) is 86.3 Å². The predicted octanol–water partition coefficient (Wildman–Crippen LogP) is 1.54. The van der Waals surface area contributed by atoms with E-state index in [-0.39, 0.29) is 5.91 Å². The van der Waals surface area contributed by atoms with Gasteiger partial charge in [-0.05, 0) is 24.1 Å². The predicted molar refractivity (Wildman–Crippen MR) is 110 cm³/mol. The third-order valence-corrected chi connectivity index (χ3v) is 5.45. The highest BCUT2D eigenvalue weighted by Gasteiger charge is 2.28. The van der Waals surface area contributed by atoms with Crippen LogP contribution in [0.1, 0.15) is 21.6 Å². The van der Waals surface area contributed by atoms with Crippen molar-refractivity contribution in [3.63, 3.8) is 0 Å². The number of anilines is 1. The normalized spacial score (nSPS) is 16.1. The fourth-order valence-electron chi connectivity index (χ4n) is 3.82. The SMILES string of the molecule is COc1ccc(C(=O)N2CCc3cnc(N4CCOCC4)nc3C2)c(OC)c1OC. The number of fused-ring (bicyclic) bond motifs is 1. The lowest BCUT2D eigenvalue weighted by atomic mass is 10.0. The molecule has 30 heavy (non-hydrogen) atoms. The highest BCUT2D eigenvalue weighted by Crippen LogP contribution is 2.40. The Hall–Kier alpha value is -3.07. The van der Waals surface area contributed by atoms with Gasteiger partial charge < -0.3 is 28.7 Å². The van der Waals surface area contributed by atoms with Crippen molar-refractivity contribution in [2.75, 3.05) is 59.1 Å². The van der Waals surface area contributed by atoms with Crippen LogP contribution in [0.4, 0.5) is 5.95 Å². The lowest BCUT2D eigenvalue weighted by Gasteiger charge is -2.31. The van der Waals surface area contributed by atoms with E-state index in [4.69, 9.17) is 23.9 Å². The van der Waals surface area contributed by atoms with Crippen LogP contribution in [0.2, 0.25) is 0 Å². The van der Waals surface area contributed by atoms with Crippen molar-refractivity contribution in [2.24, 2.45) is 0 Å². The van der Waals surface area contributed by atoms with Crippen molar-refractivity contribution in [1.82, 2.24) is 14.9 Å². The van der Waals surface area contributed by atoms with Gasteiger partial charge in [0.2, 0.25) is 11.7 Å². The lowest BCUT2D eigenvalue weighted by molar-refractivity contribution is 0.0727. The van der Waals surface area contributed by atoms with E-state index in [1.165, 1.54) is 14.2 Å². The van der Waals surface area contributed by atoms with Crippen molar-refractivity contribution in [3.05, 3.63) is 35.2 Å². The van der Waals surface area contributed by atoms with Crippen LogP contribution in [0.3, 0.4) is 0 Å². The van der Waals surface area contributed by atoms with E-state index < -0.39 is 0 Å². The molecule has 4 rings (SSSR count). The molecule has 0 bridgehead atoms. The molecule has 9 nitrogen and oxygen atoms in total. The fourth-order valence-corrected chi connectivity index (χ4v) is 3.82. The average molecular weight is 414 g/mol. The Morgan fingerprint density at radius 3 is 2.50 bits per heavy atom. The first-order chi connectivity index (χ1) is 14.7. The van der Waals surface area contributed by atoms with E-state index in [0.717, 1.165) is 24.3 Å². The molecule has 0 atom stereocenters. The van der Waals surface area contributed by atoms with Crippen LogP contribution in [0, 0.1) is 0 Å². The second-order valence-electron chi connectivity index (χ2n) is 7.10. The molecule has 2 aliphatic heterocycles. The number of carbonyl (C=O) groups is 1. The Labute approximate surface area is 175 Å². The van der Waals surface area contributed by atoms with Gasteiger partial charge in [-0.15, -0.1) is 0 Å². The molecule has 0 spiro atoms. The van der Waals surface area contributed by atoms with E-state index in [2.05, 4.69) is 9.88 Å². The van der Waals surface area contributed by atoms with Gasteiger partial charge >= 0.3 is 0 Å². The van der Waals surface area contributed by atoms with Gasteiger partial charge in [-0.1, -0.05) is 0 Å². The molecule has 160 valence electrons. The zero-order chi connectivity index (χ0) is 21.1. The Bertz CT molecular complexity index is 930. The van der Waals surface area contributed by atoms with Crippen LogP contribution in [0.25, 0.3) is 0 Å². The number of carbonyl (C=O) groups excluding carboxylic acids is 1. The van der Waals surface area contributed by atoms with E-state index in [9.17, 15) is 4.79 Å². The van der Waals surface area contributed by atoms with Crippen LogP contribution in [-0.4, -0.2) is 75.0 Å². The lowest BCUT2D eigenvalue weighted by Crippen LogP contribution is -2.39. The molecule has 1 fully saturated rings. The summed E-state index contributed by atoms with van der Waals surface area (Å²) < 4.78 is 21.6. The minimum Gasteiger partial charge on any atom is -0.493 e. The maximum absolute atomic E-state index is 13.3. The first-order valence-electron chi connectivity index (χ1n) is 9.92. The Kier molecular flexibility index (Phi) is 5.89. The maximum atomic E-state index is 13.3. The molecule has 3 heterocycles. The molecule has 0 N–H and O–H groups in total. The molecule has 0 unspecified atom stereocenters. The second-order valence-corrected chi connectivity index (χ2v) is 7.10. The number of benzene rings is 1. The maximum Gasteiger partial charge on any atom is 0.258 e. The summed E-state index contributed by atoms with van der Waals surface area (Å²) >= 11 is 0. The molecular formula is C21H26N4O5. The summed E-state index contributed by atoms with van der Waals surface area (Å²) in [4.78, 5) is 26.5.